The summed E-state index contributed by atoms with van der Waals surface area (Å²) in [6.45, 7) is 6.00. The molecular weight excluding hydrogens is 168 g/mol. The Morgan fingerprint density at radius 3 is 3.08 bits per heavy atom. The highest BCUT2D eigenvalue weighted by atomic mass is 35.5. The Morgan fingerprint density at radius 2 is 2.50 bits per heavy atom. The maximum Gasteiger partial charge on any atom is 0.0521 e. The first-order valence-corrected chi connectivity index (χ1v) is 5.10. The summed E-state index contributed by atoms with van der Waals surface area (Å²) in [5.74, 6) is 0.761. The first-order valence-electron chi connectivity index (χ1n) is 4.67. The molecule has 0 aliphatic heterocycles. The molecule has 2 atom stereocenters. The summed E-state index contributed by atoms with van der Waals surface area (Å²) in [7, 11) is 0. The number of allylic oxidation sites excluding steroid dienone is 3. The van der Waals surface area contributed by atoms with Gasteiger partial charge >= 0.3 is 0 Å². The number of alkyl halides is 1. The van der Waals surface area contributed by atoms with Crippen molar-refractivity contribution in [3.05, 3.63) is 24.3 Å². The number of hydrogen-bond donors (Lipinski definition) is 0. The van der Waals surface area contributed by atoms with Crippen LogP contribution >= 0.6 is 11.6 Å². The number of rotatable bonds is 3. The Bertz CT molecular complexity index is 181. The highest BCUT2D eigenvalue weighted by Gasteiger charge is 2.16. The molecule has 0 fully saturated rings. The quantitative estimate of drug-likeness (QED) is 0.461. The lowest BCUT2D eigenvalue weighted by molar-refractivity contribution is 0.503. The van der Waals surface area contributed by atoms with E-state index in [0.29, 0.717) is 0 Å². The molecule has 0 radical (unpaired) electrons. The number of hydrogen-bond acceptors (Lipinski definition) is 0. The fourth-order valence-corrected chi connectivity index (χ4v) is 2.26. The average molecular weight is 185 g/mol. The van der Waals surface area contributed by atoms with Gasteiger partial charge in [-0.05, 0) is 31.6 Å². The van der Waals surface area contributed by atoms with Crippen LogP contribution in [-0.4, -0.2) is 5.38 Å². The zero-order chi connectivity index (χ0) is 8.97. The van der Waals surface area contributed by atoms with Gasteiger partial charge in [-0.2, -0.15) is 0 Å². The van der Waals surface area contributed by atoms with E-state index in [2.05, 4.69) is 19.6 Å². The molecule has 0 bridgehead atoms. The zero-order valence-corrected chi connectivity index (χ0v) is 8.48. The molecule has 0 saturated heterocycles. The Balaban J connectivity index is 2.45. The van der Waals surface area contributed by atoms with E-state index in [-0.39, 0.29) is 5.38 Å². The predicted octanol–water partition coefficient (Wildman–Crippen LogP) is 3.92. The van der Waals surface area contributed by atoms with Gasteiger partial charge in [0.1, 0.15) is 0 Å². The Labute approximate surface area is 80.3 Å². The topological polar surface area (TPSA) is 0 Å². The van der Waals surface area contributed by atoms with Crippen molar-refractivity contribution in [2.45, 2.75) is 38.0 Å². The first-order chi connectivity index (χ1) is 5.72. The van der Waals surface area contributed by atoms with Gasteiger partial charge < -0.3 is 0 Å². The summed E-state index contributed by atoms with van der Waals surface area (Å²) in [6.07, 6.45) is 8.81. The van der Waals surface area contributed by atoms with Gasteiger partial charge in [0.25, 0.3) is 0 Å². The molecule has 0 N–H and O–H groups in total. The predicted molar refractivity (Wildman–Crippen MR) is 55.6 cm³/mol. The largest absolute Gasteiger partial charge is 0.118 e. The molecule has 2 unspecified atom stereocenters. The summed E-state index contributed by atoms with van der Waals surface area (Å²) in [5.41, 5.74) is 1.52. The maximum absolute atomic E-state index is 6.08. The molecular formula is C11H17Cl. The van der Waals surface area contributed by atoms with Crippen molar-refractivity contribution in [1.82, 2.24) is 0 Å². The van der Waals surface area contributed by atoms with Crippen LogP contribution in [0, 0.1) is 5.92 Å². The Hall–Kier alpha value is -0.230. The molecule has 1 aliphatic rings. The minimum Gasteiger partial charge on any atom is -0.118 e. The van der Waals surface area contributed by atoms with Crippen LogP contribution in [0.15, 0.2) is 24.3 Å². The molecule has 1 heteroatoms. The van der Waals surface area contributed by atoms with Crippen LogP contribution in [0.5, 0.6) is 0 Å². The van der Waals surface area contributed by atoms with Gasteiger partial charge in [-0.1, -0.05) is 24.6 Å². The summed E-state index contributed by atoms with van der Waals surface area (Å²) in [4.78, 5) is 0. The summed E-state index contributed by atoms with van der Waals surface area (Å²) in [6, 6.07) is 0. The van der Waals surface area contributed by atoms with E-state index in [0.717, 1.165) is 25.2 Å². The molecule has 68 valence electrons. The van der Waals surface area contributed by atoms with Crippen LogP contribution in [0.25, 0.3) is 0 Å². The molecule has 0 spiro atoms. The second kappa shape index (κ2) is 4.71. The highest BCUT2D eigenvalue weighted by Crippen LogP contribution is 2.29. The van der Waals surface area contributed by atoms with Crippen LogP contribution in [0.4, 0.5) is 0 Å². The van der Waals surface area contributed by atoms with Crippen LogP contribution < -0.4 is 0 Å². The monoisotopic (exact) mass is 184 g/mol. The van der Waals surface area contributed by atoms with Crippen LogP contribution in [0.1, 0.15) is 32.6 Å². The molecule has 0 aromatic carbocycles. The summed E-state index contributed by atoms with van der Waals surface area (Å²) < 4.78 is 0. The van der Waals surface area contributed by atoms with Gasteiger partial charge in [0.05, 0.1) is 5.38 Å². The van der Waals surface area contributed by atoms with E-state index in [9.17, 15) is 0 Å². The fourth-order valence-electron chi connectivity index (χ4n) is 1.78. The van der Waals surface area contributed by atoms with Gasteiger partial charge in [-0.3, -0.25) is 0 Å². The number of halogens is 1. The minimum atomic E-state index is 0.272. The lowest BCUT2D eigenvalue weighted by Gasteiger charge is -2.22. The Kier molecular flexibility index (Phi) is 3.87. The second-order valence-electron chi connectivity index (χ2n) is 3.71. The fraction of sp³-hybridized carbons (Fsp3) is 0.636. The molecule has 0 aromatic rings. The Morgan fingerprint density at radius 1 is 1.75 bits per heavy atom. The third-order valence-corrected chi connectivity index (χ3v) is 2.63. The van der Waals surface area contributed by atoms with Gasteiger partial charge in [-0.25, -0.2) is 0 Å². The van der Waals surface area contributed by atoms with Crippen molar-refractivity contribution in [3.63, 3.8) is 0 Å². The van der Waals surface area contributed by atoms with Crippen molar-refractivity contribution in [1.29, 1.82) is 0 Å². The highest BCUT2D eigenvalue weighted by molar-refractivity contribution is 6.21. The van der Waals surface area contributed by atoms with Crippen molar-refractivity contribution in [2.75, 3.05) is 0 Å². The van der Waals surface area contributed by atoms with Gasteiger partial charge in [-0.15, -0.1) is 18.2 Å². The average Bonchev–Trinajstić information content (AvgIpc) is 1.99. The standard InChI is InChI=1S/C11H17Cl/c1-3-4-5-10-6-9(2)7-11(12)8-10/h3,8-9,11H,1,4-7H2,2H3. The molecule has 0 saturated carbocycles. The maximum atomic E-state index is 6.08. The lowest BCUT2D eigenvalue weighted by Crippen LogP contribution is -2.11. The minimum absolute atomic E-state index is 0.272. The van der Waals surface area contributed by atoms with Crippen LogP contribution in [-0.2, 0) is 0 Å². The molecule has 0 nitrogen and oxygen atoms in total. The summed E-state index contributed by atoms with van der Waals surface area (Å²) >= 11 is 6.08. The molecule has 1 aliphatic carbocycles. The first kappa shape index (κ1) is 9.85. The van der Waals surface area contributed by atoms with Crippen molar-refractivity contribution in [2.24, 2.45) is 5.92 Å². The summed E-state index contributed by atoms with van der Waals surface area (Å²) in [5, 5.41) is 0.272. The van der Waals surface area contributed by atoms with Crippen molar-refractivity contribution >= 4 is 11.6 Å². The van der Waals surface area contributed by atoms with Gasteiger partial charge in [0, 0.05) is 0 Å². The van der Waals surface area contributed by atoms with E-state index in [4.69, 9.17) is 11.6 Å². The van der Waals surface area contributed by atoms with Gasteiger partial charge in [0.15, 0.2) is 0 Å². The third-order valence-electron chi connectivity index (χ3n) is 2.32. The van der Waals surface area contributed by atoms with Gasteiger partial charge in [0.2, 0.25) is 0 Å². The van der Waals surface area contributed by atoms with Crippen LogP contribution in [0.3, 0.4) is 0 Å². The van der Waals surface area contributed by atoms with Crippen molar-refractivity contribution in [3.8, 4) is 0 Å². The van der Waals surface area contributed by atoms with E-state index < -0.39 is 0 Å². The molecule has 1 rings (SSSR count). The van der Waals surface area contributed by atoms with Crippen molar-refractivity contribution < 1.29 is 0 Å². The van der Waals surface area contributed by atoms with E-state index in [1.165, 1.54) is 12.0 Å². The molecule has 0 amide bonds. The SMILES string of the molecule is C=CCCC1=CC(Cl)CC(C)C1. The van der Waals surface area contributed by atoms with Crippen LogP contribution in [0.2, 0.25) is 0 Å². The van der Waals surface area contributed by atoms with E-state index in [1.54, 1.807) is 0 Å². The van der Waals surface area contributed by atoms with E-state index >= 15 is 0 Å². The van der Waals surface area contributed by atoms with E-state index in [1.807, 2.05) is 6.08 Å². The zero-order valence-electron chi connectivity index (χ0n) is 7.72. The molecule has 0 aromatic heterocycles. The normalized spacial score (nSPS) is 29.7. The molecule has 12 heavy (non-hydrogen) atoms. The smallest absolute Gasteiger partial charge is 0.0521 e. The third kappa shape index (κ3) is 3.02. The molecule has 0 heterocycles. The second-order valence-corrected chi connectivity index (χ2v) is 4.27. The lowest BCUT2D eigenvalue weighted by atomic mass is 9.88.